The number of amides is 1. The first-order chi connectivity index (χ1) is 17.2. The lowest BCUT2D eigenvalue weighted by atomic mass is 9.85. The van der Waals surface area contributed by atoms with Gasteiger partial charge >= 0.3 is 0 Å². The SMILES string of the molecule is O=C1C(=O)N(c2ccc3nc[nH]c3c2)C(c2cccc3cccnc23)C1c1c[nH]c2ccccc12. The molecule has 7 nitrogen and oxygen atoms in total. The number of imidazole rings is 1. The van der Waals surface area contributed by atoms with Gasteiger partial charge in [0.2, 0.25) is 5.78 Å². The van der Waals surface area contributed by atoms with Crippen LogP contribution >= 0.6 is 0 Å². The normalized spacial score (nSPS) is 18.3. The first-order valence-corrected chi connectivity index (χ1v) is 11.4. The number of Topliss-reactive ketones (excluding diaryl/α,β-unsaturated/α-hetero) is 1. The summed E-state index contributed by atoms with van der Waals surface area (Å²) in [7, 11) is 0. The Morgan fingerprint density at radius 1 is 0.800 bits per heavy atom. The number of anilines is 1. The van der Waals surface area contributed by atoms with E-state index in [2.05, 4.69) is 19.9 Å². The Bertz CT molecular complexity index is 1780. The van der Waals surface area contributed by atoms with Crippen molar-refractivity contribution in [2.75, 3.05) is 4.90 Å². The average molecular weight is 457 g/mol. The van der Waals surface area contributed by atoms with Gasteiger partial charge in [0.25, 0.3) is 5.91 Å². The number of hydrogen-bond donors (Lipinski definition) is 2. The highest BCUT2D eigenvalue weighted by Gasteiger charge is 2.50. The number of pyridine rings is 1. The Hall–Kier alpha value is -4.78. The number of hydrogen-bond acceptors (Lipinski definition) is 4. The lowest BCUT2D eigenvalue weighted by Gasteiger charge is -2.28. The van der Waals surface area contributed by atoms with Gasteiger partial charge in [-0.15, -0.1) is 0 Å². The number of aromatic amines is 2. The Labute approximate surface area is 199 Å². The molecule has 2 atom stereocenters. The van der Waals surface area contributed by atoms with Gasteiger partial charge in [-0.1, -0.05) is 42.5 Å². The summed E-state index contributed by atoms with van der Waals surface area (Å²) in [5, 5.41) is 1.89. The molecule has 35 heavy (non-hydrogen) atoms. The zero-order chi connectivity index (χ0) is 23.5. The molecule has 0 saturated carbocycles. The fourth-order valence-corrected chi connectivity index (χ4v) is 5.37. The first kappa shape index (κ1) is 19.7. The van der Waals surface area contributed by atoms with Gasteiger partial charge in [0.1, 0.15) is 0 Å². The number of benzene rings is 3. The number of carbonyl (C=O) groups is 2. The van der Waals surface area contributed by atoms with Crippen LogP contribution in [0.5, 0.6) is 0 Å². The molecule has 0 radical (unpaired) electrons. The lowest BCUT2D eigenvalue weighted by molar-refractivity contribution is -0.134. The van der Waals surface area contributed by atoms with E-state index in [1.807, 2.05) is 79.0 Å². The monoisotopic (exact) mass is 457 g/mol. The van der Waals surface area contributed by atoms with Crippen molar-refractivity contribution in [1.29, 1.82) is 0 Å². The van der Waals surface area contributed by atoms with Gasteiger partial charge in [-0.3, -0.25) is 19.5 Å². The van der Waals surface area contributed by atoms with Crippen LogP contribution in [0.4, 0.5) is 5.69 Å². The molecule has 1 amide bonds. The highest BCUT2D eigenvalue weighted by molar-refractivity contribution is 6.46. The highest BCUT2D eigenvalue weighted by Crippen LogP contribution is 2.48. The van der Waals surface area contributed by atoms with E-state index in [-0.39, 0.29) is 0 Å². The van der Waals surface area contributed by atoms with Crippen molar-refractivity contribution >= 4 is 50.2 Å². The molecular weight excluding hydrogens is 438 g/mol. The van der Waals surface area contributed by atoms with Gasteiger partial charge in [0, 0.05) is 39.9 Å². The van der Waals surface area contributed by atoms with Crippen LogP contribution in [0.2, 0.25) is 0 Å². The minimum Gasteiger partial charge on any atom is -0.361 e. The molecule has 2 N–H and O–H groups in total. The smallest absolute Gasteiger partial charge is 0.295 e. The molecule has 7 heteroatoms. The summed E-state index contributed by atoms with van der Waals surface area (Å²) < 4.78 is 0. The first-order valence-electron chi connectivity index (χ1n) is 11.4. The molecule has 168 valence electrons. The molecule has 1 aliphatic heterocycles. The van der Waals surface area contributed by atoms with Crippen molar-refractivity contribution in [2.45, 2.75) is 12.0 Å². The molecule has 0 spiro atoms. The molecule has 7 rings (SSSR count). The molecule has 1 aliphatic rings. The Kier molecular flexibility index (Phi) is 4.14. The molecule has 2 unspecified atom stereocenters. The third-order valence-electron chi connectivity index (χ3n) is 6.93. The maximum Gasteiger partial charge on any atom is 0.295 e. The molecule has 4 heterocycles. The number of aromatic nitrogens is 4. The predicted octanol–water partition coefficient (Wildman–Crippen LogP) is 5.03. The molecule has 3 aromatic heterocycles. The number of fused-ring (bicyclic) bond motifs is 3. The van der Waals surface area contributed by atoms with E-state index in [0.29, 0.717) is 5.69 Å². The van der Waals surface area contributed by atoms with E-state index < -0.39 is 23.7 Å². The Morgan fingerprint density at radius 3 is 2.63 bits per heavy atom. The third kappa shape index (κ3) is 2.85. The maximum absolute atomic E-state index is 13.7. The molecule has 1 fully saturated rings. The Morgan fingerprint density at radius 2 is 1.69 bits per heavy atom. The maximum atomic E-state index is 13.7. The second kappa shape index (κ2) is 7.36. The second-order valence-corrected chi connectivity index (χ2v) is 8.78. The van der Waals surface area contributed by atoms with Crippen molar-refractivity contribution in [1.82, 2.24) is 19.9 Å². The average Bonchev–Trinajstić information content (AvgIpc) is 3.60. The minimum absolute atomic E-state index is 0.433. The summed E-state index contributed by atoms with van der Waals surface area (Å²) in [5.74, 6) is -1.65. The number of H-pyrrole nitrogens is 2. The second-order valence-electron chi connectivity index (χ2n) is 8.78. The number of para-hydroxylation sites is 2. The van der Waals surface area contributed by atoms with Gasteiger partial charge in [-0.2, -0.15) is 0 Å². The summed E-state index contributed by atoms with van der Waals surface area (Å²) in [6.07, 6.45) is 5.21. The van der Waals surface area contributed by atoms with Crippen LogP contribution in [-0.4, -0.2) is 31.6 Å². The van der Waals surface area contributed by atoms with Crippen LogP contribution in [0.25, 0.3) is 32.8 Å². The third-order valence-corrected chi connectivity index (χ3v) is 6.93. The quantitative estimate of drug-likeness (QED) is 0.364. The van der Waals surface area contributed by atoms with Gasteiger partial charge in [-0.05, 0) is 35.9 Å². The number of rotatable bonds is 3. The van der Waals surface area contributed by atoms with Crippen LogP contribution in [0, 0.1) is 0 Å². The van der Waals surface area contributed by atoms with Crippen LogP contribution in [-0.2, 0) is 9.59 Å². The van der Waals surface area contributed by atoms with E-state index in [4.69, 9.17) is 0 Å². The van der Waals surface area contributed by atoms with Crippen LogP contribution in [0.3, 0.4) is 0 Å². The standard InChI is InChI=1S/C28H19N5O2/c34-27-24(20-14-30-21-9-2-1-7-18(20)21)26(19-8-3-5-16-6-4-12-29-25(16)19)33(28(27)35)17-10-11-22-23(13-17)32-15-31-22/h1-15,24,26,30H,(H,31,32). The van der Waals surface area contributed by atoms with Crippen LogP contribution in [0.1, 0.15) is 23.1 Å². The summed E-state index contributed by atoms with van der Waals surface area (Å²) in [5.41, 5.74) is 5.58. The van der Waals surface area contributed by atoms with Gasteiger partial charge in [0.15, 0.2) is 0 Å². The largest absolute Gasteiger partial charge is 0.361 e. The summed E-state index contributed by atoms with van der Waals surface area (Å²) in [4.78, 5) is 44.3. The van der Waals surface area contributed by atoms with Gasteiger partial charge in [-0.25, -0.2) is 4.98 Å². The van der Waals surface area contributed by atoms with Crippen LogP contribution in [0.15, 0.2) is 91.5 Å². The summed E-state index contributed by atoms with van der Waals surface area (Å²) in [6.45, 7) is 0. The van der Waals surface area contributed by atoms with E-state index in [1.165, 1.54) is 0 Å². The number of ketones is 1. The van der Waals surface area contributed by atoms with E-state index in [1.54, 1.807) is 17.4 Å². The van der Waals surface area contributed by atoms with Crippen molar-refractivity contribution in [3.8, 4) is 0 Å². The van der Waals surface area contributed by atoms with Crippen LogP contribution < -0.4 is 4.90 Å². The fraction of sp³-hybridized carbons (Fsp3) is 0.0714. The minimum atomic E-state index is -0.691. The van der Waals surface area contributed by atoms with Gasteiger partial charge < -0.3 is 9.97 Å². The topological polar surface area (TPSA) is 94.7 Å². The number of carbonyl (C=O) groups excluding carboxylic acids is 2. The van der Waals surface area contributed by atoms with Crippen molar-refractivity contribution < 1.29 is 9.59 Å². The summed E-state index contributed by atoms with van der Waals surface area (Å²) in [6, 6.07) is 22.6. The van der Waals surface area contributed by atoms with E-state index in [0.717, 1.165) is 44.0 Å². The molecular formula is C28H19N5O2. The zero-order valence-electron chi connectivity index (χ0n) is 18.5. The van der Waals surface area contributed by atoms with Crippen molar-refractivity contribution in [3.63, 3.8) is 0 Å². The van der Waals surface area contributed by atoms with E-state index in [9.17, 15) is 9.59 Å². The molecule has 0 aliphatic carbocycles. The number of nitrogens with one attached hydrogen (secondary N) is 2. The van der Waals surface area contributed by atoms with Gasteiger partial charge in [0.05, 0.1) is 34.8 Å². The highest BCUT2D eigenvalue weighted by atomic mass is 16.2. The summed E-state index contributed by atoms with van der Waals surface area (Å²) >= 11 is 0. The predicted molar refractivity (Wildman–Crippen MR) is 134 cm³/mol. The number of nitrogens with zero attached hydrogens (tertiary/aromatic N) is 3. The van der Waals surface area contributed by atoms with Crippen molar-refractivity contribution in [2.24, 2.45) is 0 Å². The lowest BCUT2D eigenvalue weighted by Crippen LogP contribution is -2.29. The molecule has 3 aromatic carbocycles. The zero-order valence-corrected chi connectivity index (χ0v) is 18.5. The fourth-order valence-electron chi connectivity index (χ4n) is 5.37. The molecule has 6 aromatic rings. The molecule has 1 saturated heterocycles. The molecule has 0 bridgehead atoms. The van der Waals surface area contributed by atoms with E-state index >= 15 is 0 Å². The van der Waals surface area contributed by atoms with Crippen molar-refractivity contribution in [3.05, 3.63) is 103 Å². The Balaban J connectivity index is 1.51.